The predicted octanol–water partition coefficient (Wildman–Crippen LogP) is 5.81. The van der Waals surface area contributed by atoms with Crippen molar-refractivity contribution >= 4 is 0 Å². The summed E-state index contributed by atoms with van der Waals surface area (Å²) >= 11 is 0. The summed E-state index contributed by atoms with van der Waals surface area (Å²) < 4.78 is 0. The van der Waals surface area contributed by atoms with Crippen LogP contribution in [0.5, 0.6) is 0 Å². The fraction of sp³-hybridized carbons (Fsp3) is 1.00. The average molecular weight is 212 g/mol. The molecule has 0 bridgehead atoms. The van der Waals surface area contributed by atoms with Crippen LogP contribution in [0.1, 0.15) is 86.0 Å². The van der Waals surface area contributed by atoms with Gasteiger partial charge in [-0.1, -0.05) is 73.1 Å². The largest absolute Gasteiger partial charge is 0.0654 e. The fourth-order valence-corrected chi connectivity index (χ4v) is 2.08. The molecule has 0 aromatic rings. The summed E-state index contributed by atoms with van der Waals surface area (Å²) in [6.45, 7) is 11.8. The van der Waals surface area contributed by atoms with Crippen molar-refractivity contribution < 1.29 is 0 Å². The summed E-state index contributed by atoms with van der Waals surface area (Å²) in [5, 5.41) is 0. The van der Waals surface area contributed by atoms with Crippen LogP contribution in [-0.4, -0.2) is 0 Å². The van der Waals surface area contributed by atoms with Crippen molar-refractivity contribution in [2.45, 2.75) is 86.0 Å². The van der Waals surface area contributed by atoms with Gasteiger partial charge in [-0.25, -0.2) is 0 Å². The standard InChI is InChI=1S/C15H32/c1-6-8-12-15(4,5)13-10-9-11-14(3)7-2/h14H,6-13H2,1-5H3. The highest BCUT2D eigenvalue weighted by molar-refractivity contribution is 4.68. The van der Waals surface area contributed by atoms with Crippen molar-refractivity contribution in [1.82, 2.24) is 0 Å². The summed E-state index contributed by atoms with van der Waals surface area (Å²) in [4.78, 5) is 0. The molecule has 0 nitrogen and oxygen atoms in total. The second-order valence-electron chi connectivity index (χ2n) is 6.03. The van der Waals surface area contributed by atoms with Gasteiger partial charge in [-0.2, -0.15) is 0 Å². The summed E-state index contributed by atoms with van der Waals surface area (Å²) in [7, 11) is 0. The normalized spacial score (nSPS) is 14.2. The number of rotatable bonds is 9. The molecule has 0 saturated heterocycles. The van der Waals surface area contributed by atoms with Gasteiger partial charge in [0.2, 0.25) is 0 Å². The lowest BCUT2D eigenvalue weighted by Gasteiger charge is -2.24. The van der Waals surface area contributed by atoms with Crippen LogP contribution in [0.3, 0.4) is 0 Å². The van der Waals surface area contributed by atoms with Crippen molar-refractivity contribution in [3.63, 3.8) is 0 Å². The maximum absolute atomic E-state index is 2.44. The summed E-state index contributed by atoms with van der Waals surface area (Å²) in [5.41, 5.74) is 0.589. The lowest BCUT2D eigenvalue weighted by atomic mass is 9.82. The van der Waals surface area contributed by atoms with Gasteiger partial charge in [-0.3, -0.25) is 0 Å². The van der Waals surface area contributed by atoms with Gasteiger partial charge in [0.05, 0.1) is 0 Å². The van der Waals surface area contributed by atoms with E-state index >= 15 is 0 Å². The van der Waals surface area contributed by atoms with Crippen LogP contribution in [0, 0.1) is 11.3 Å². The molecule has 0 saturated carbocycles. The SMILES string of the molecule is CCCCC(C)(C)CCCCC(C)CC. The molecule has 0 aliphatic carbocycles. The van der Waals surface area contributed by atoms with Crippen LogP contribution in [0.15, 0.2) is 0 Å². The Hall–Kier alpha value is 0. The lowest BCUT2D eigenvalue weighted by Crippen LogP contribution is -2.11. The highest BCUT2D eigenvalue weighted by Gasteiger charge is 2.16. The number of hydrogen-bond donors (Lipinski definition) is 0. The minimum absolute atomic E-state index is 0.589. The van der Waals surface area contributed by atoms with E-state index in [1.807, 2.05) is 0 Å². The topological polar surface area (TPSA) is 0 Å². The number of hydrogen-bond acceptors (Lipinski definition) is 0. The van der Waals surface area contributed by atoms with E-state index in [0.717, 1.165) is 5.92 Å². The van der Waals surface area contributed by atoms with Crippen LogP contribution in [0.2, 0.25) is 0 Å². The molecule has 0 amide bonds. The first-order valence-electron chi connectivity index (χ1n) is 7.02. The molecule has 15 heavy (non-hydrogen) atoms. The zero-order chi connectivity index (χ0) is 11.7. The summed E-state index contributed by atoms with van der Waals surface area (Å²) in [6.07, 6.45) is 11.2. The molecule has 0 radical (unpaired) electrons. The second-order valence-corrected chi connectivity index (χ2v) is 6.03. The van der Waals surface area contributed by atoms with Crippen molar-refractivity contribution in [2.24, 2.45) is 11.3 Å². The van der Waals surface area contributed by atoms with Gasteiger partial charge in [0.25, 0.3) is 0 Å². The quantitative estimate of drug-likeness (QED) is 0.423. The molecular weight excluding hydrogens is 180 g/mol. The first-order valence-corrected chi connectivity index (χ1v) is 7.02. The van der Waals surface area contributed by atoms with Gasteiger partial charge < -0.3 is 0 Å². The molecular formula is C15H32. The van der Waals surface area contributed by atoms with Gasteiger partial charge >= 0.3 is 0 Å². The molecule has 0 N–H and O–H groups in total. The molecule has 1 unspecified atom stereocenters. The van der Waals surface area contributed by atoms with E-state index in [1.165, 1.54) is 51.4 Å². The third-order valence-electron chi connectivity index (χ3n) is 3.70. The van der Waals surface area contributed by atoms with Crippen LogP contribution >= 0.6 is 0 Å². The smallest absolute Gasteiger partial charge is 0.0354 e. The monoisotopic (exact) mass is 212 g/mol. The van der Waals surface area contributed by atoms with Crippen LogP contribution < -0.4 is 0 Å². The molecule has 92 valence electrons. The Balaban J connectivity index is 3.48. The van der Waals surface area contributed by atoms with E-state index in [2.05, 4.69) is 34.6 Å². The van der Waals surface area contributed by atoms with Gasteiger partial charge in [-0.05, 0) is 24.2 Å². The molecule has 0 aliphatic rings. The highest BCUT2D eigenvalue weighted by atomic mass is 14.2. The van der Waals surface area contributed by atoms with E-state index in [9.17, 15) is 0 Å². The molecule has 1 atom stereocenters. The summed E-state index contributed by atoms with van der Waals surface area (Å²) in [5.74, 6) is 0.934. The van der Waals surface area contributed by atoms with Crippen LogP contribution in [-0.2, 0) is 0 Å². The minimum Gasteiger partial charge on any atom is -0.0654 e. The van der Waals surface area contributed by atoms with Crippen LogP contribution in [0.25, 0.3) is 0 Å². The fourth-order valence-electron chi connectivity index (χ4n) is 2.08. The maximum atomic E-state index is 2.44. The first-order chi connectivity index (χ1) is 7.02. The van der Waals surface area contributed by atoms with Crippen molar-refractivity contribution in [1.29, 1.82) is 0 Å². The zero-order valence-electron chi connectivity index (χ0n) is 11.7. The lowest BCUT2D eigenvalue weighted by molar-refractivity contribution is 0.282. The van der Waals surface area contributed by atoms with Gasteiger partial charge in [-0.15, -0.1) is 0 Å². The Bertz CT molecular complexity index is 135. The Kier molecular flexibility index (Phi) is 8.19. The molecule has 0 spiro atoms. The van der Waals surface area contributed by atoms with Crippen molar-refractivity contribution in [3.8, 4) is 0 Å². The summed E-state index contributed by atoms with van der Waals surface area (Å²) in [6, 6.07) is 0. The van der Waals surface area contributed by atoms with Crippen LogP contribution in [0.4, 0.5) is 0 Å². The molecule has 0 fully saturated rings. The van der Waals surface area contributed by atoms with E-state index in [4.69, 9.17) is 0 Å². The van der Waals surface area contributed by atoms with Gasteiger partial charge in [0, 0.05) is 0 Å². The molecule has 0 aliphatic heterocycles. The van der Waals surface area contributed by atoms with E-state index < -0.39 is 0 Å². The number of unbranched alkanes of at least 4 members (excludes halogenated alkanes) is 2. The predicted molar refractivity (Wildman–Crippen MR) is 71.2 cm³/mol. The minimum atomic E-state index is 0.589. The van der Waals surface area contributed by atoms with E-state index in [-0.39, 0.29) is 0 Å². The molecule has 0 heterocycles. The Labute approximate surface area is 97.8 Å². The first kappa shape index (κ1) is 15.0. The van der Waals surface area contributed by atoms with Gasteiger partial charge in [0.1, 0.15) is 0 Å². The highest BCUT2D eigenvalue weighted by Crippen LogP contribution is 2.30. The molecule has 0 aromatic carbocycles. The molecule has 0 heteroatoms. The van der Waals surface area contributed by atoms with E-state index in [1.54, 1.807) is 0 Å². The van der Waals surface area contributed by atoms with Crippen molar-refractivity contribution in [3.05, 3.63) is 0 Å². The average Bonchev–Trinajstić information content (AvgIpc) is 2.21. The van der Waals surface area contributed by atoms with Gasteiger partial charge in [0.15, 0.2) is 0 Å². The second kappa shape index (κ2) is 8.19. The zero-order valence-corrected chi connectivity index (χ0v) is 11.7. The third kappa shape index (κ3) is 8.96. The third-order valence-corrected chi connectivity index (χ3v) is 3.70. The Morgan fingerprint density at radius 2 is 1.53 bits per heavy atom. The Morgan fingerprint density at radius 1 is 0.933 bits per heavy atom. The van der Waals surface area contributed by atoms with E-state index in [0.29, 0.717) is 5.41 Å². The molecule has 0 rings (SSSR count). The maximum Gasteiger partial charge on any atom is -0.0354 e. The Morgan fingerprint density at radius 3 is 2.07 bits per heavy atom. The van der Waals surface area contributed by atoms with Crippen molar-refractivity contribution in [2.75, 3.05) is 0 Å². The molecule has 0 aromatic heterocycles.